The van der Waals surface area contributed by atoms with Crippen molar-refractivity contribution in [3.63, 3.8) is 0 Å². The molecule has 0 saturated carbocycles. The van der Waals surface area contributed by atoms with Crippen molar-refractivity contribution < 1.29 is 4.79 Å². The molecule has 1 atom stereocenters. The molecule has 1 aromatic carbocycles. The Morgan fingerprint density at radius 3 is 2.38 bits per heavy atom. The molecule has 0 spiro atoms. The molecule has 132 valence electrons. The highest BCUT2D eigenvalue weighted by atomic mass is 16.1. The lowest BCUT2D eigenvalue weighted by molar-refractivity contribution is -0.120. The van der Waals surface area contributed by atoms with E-state index in [4.69, 9.17) is 0 Å². The highest BCUT2D eigenvalue weighted by Crippen LogP contribution is 2.24. The monoisotopic (exact) mass is 345 g/mol. The number of aromatic nitrogens is 2. The minimum absolute atomic E-state index is 0.0383. The van der Waals surface area contributed by atoms with Gasteiger partial charge in [0.25, 0.3) is 0 Å². The number of aryl methyl sites for hydroxylation is 3. The first-order valence-corrected chi connectivity index (χ1v) is 8.70. The quantitative estimate of drug-likeness (QED) is 0.764. The van der Waals surface area contributed by atoms with Gasteiger partial charge in [-0.3, -0.25) is 14.8 Å². The molecule has 0 bridgehead atoms. The molecular formula is C22H23N3O. The van der Waals surface area contributed by atoms with Crippen LogP contribution in [0.3, 0.4) is 0 Å². The van der Waals surface area contributed by atoms with Crippen LogP contribution in [0.1, 0.15) is 39.6 Å². The smallest absolute Gasteiger partial charge is 0.225 e. The Morgan fingerprint density at radius 1 is 1.00 bits per heavy atom. The number of rotatable bonds is 5. The summed E-state index contributed by atoms with van der Waals surface area (Å²) in [5.74, 6) is -0.0383. The summed E-state index contributed by atoms with van der Waals surface area (Å²) in [5, 5.41) is 3.16. The molecule has 4 nitrogen and oxygen atoms in total. The Kier molecular flexibility index (Phi) is 5.42. The van der Waals surface area contributed by atoms with Gasteiger partial charge >= 0.3 is 0 Å². The average molecular weight is 345 g/mol. The van der Waals surface area contributed by atoms with Gasteiger partial charge in [-0.2, -0.15) is 0 Å². The van der Waals surface area contributed by atoms with Crippen molar-refractivity contribution in [2.24, 2.45) is 0 Å². The van der Waals surface area contributed by atoms with Crippen molar-refractivity contribution in [3.8, 4) is 0 Å². The lowest BCUT2D eigenvalue weighted by Crippen LogP contribution is -2.30. The zero-order valence-electron chi connectivity index (χ0n) is 15.4. The zero-order valence-corrected chi connectivity index (χ0v) is 15.4. The molecule has 2 heterocycles. The number of nitrogens with zero attached hydrogens (tertiary/aromatic N) is 2. The summed E-state index contributed by atoms with van der Waals surface area (Å²) >= 11 is 0. The van der Waals surface area contributed by atoms with Crippen LogP contribution in [-0.2, 0) is 11.2 Å². The van der Waals surface area contributed by atoms with Crippen LogP contribution < -0.4 is 5.32 Å². The van der Waals surface area contributed by atoms with Crippen LogP contribution in [0.25, 0.3) is 0 Å². The first-order valence-electron chi connectivity index (χ1n) is 8.70. The Hall–Kier alpha value is -3.01. The lowest BCUT2D eigenvalue weighted by atomic mass is 9.96. The summed E-state index contributed by atoms with van der Waals surface area (Å²) < 4.78 is 0. The first-order chi connectivity index (χ1) is 12.5. The Balaban J connectivity index is 1.86. The number of amides is 1. The van der Waals surface area contributed by atoms with Gasteiger partial charge in [0.05, 0.1) is 12.5 Å². The van der Waals surface area contributed by atoms with Crippen LogP contribution in [0.15, 0.2) is 61.1 Å². The minimum Gasteiger partial charge on any atom is -0.345 e. The van der Waals surface area contributed by atoms with Crippen molar-refractivity contribution >= 4 is 5.91 Å². The van der Waals surface area contributed by atoms with E-state index < -0.39 is 0 Å². The first kappa shape index (κ1) is 17.8. The predicted octanol–water partition coefficient (Wildman–Crippen LogP) is 3.85. The summed E-state index contributed by atoms with van der Waals surface area (Å²) in [6.45, 7) is 6.07. The molecule has 0 aliphatic carbocycles. The van der Waals surface area contributed by atoms with Gasteiger partial charge in [-0.1, -0.05) is 41.5 Å². The summed E-state index contributed by atoms with van der Waals surface area (Å²) in [6, 6.07) is 13.9. The second kappa shape index (κ2) is 7.91. The fraction of sp³-hybridized carbons (Fsp3) is 0.227. The third kappa shape index (κ3) is 4.54. The van der Waals surface area contributed by atoms with Crippen LogP contribution in [0.5, 0.6) is 0 Å². The molecule has 1 unspecified atom stereocenters. The van der Waals surface area contributed by atoms with E-state index in [1.54, 1.807) is 18.6 Å². The molecule has 0 aliphatic heterocycles. The van der Waals surface area contributed by atoms with Gasteiger partial charge in [0, 0.05) is 24.3 Å². The van der Waals surface area contributed by atoms with E-state index in [-0.39, 0.29) is 11.9 Å². The number of benzene rings is 1. The molecule has 26 heavy (non-hydrogen) atoms. The van der Waals surface area contributed by atoms with E-state index in [2.05, 4.69) is 47.3 Å². The lowest BCUT2D eigenvalue weighted by Gasteiger charge is -2.20. The zero-order chi connectivity index (χ0) is 18.5. The van der Waals surface area contributed by atoms with Crippen molar-refractivity contribution in [3.05, 3.63) is 94.6 Å². The standard InChI is InChI=1S/C22H23N3O/c1-15-9-16(2)11-20(10-15)22(19-5-4-8-23-14-19)25-21(26)12-18-7-6-17(3)24-13-18/h4-11,13-14,22H,12H2,1-3H3,(H,25,26). The Morgan fingerprint density at radius 2 is 1.77 bits per heavy atom. The van der Waals surface area contributed by atoms with Gasteiger partial charge in [-0.25, -0.2) is 0 Å². The summed E-state index contributed by atoms with van der Waals surface area (Å²) in [6.07, 6.45) is 5.59. The number of hydrogen-bond acceptors (Lipinski definition) is 3. The van der Waals surface area contributed by atoms with Gasteiger partial charge in [0.1, 0.15) is 0 Å². The number of carbonyl (C=O) groups excluding carboxylic acids is 1. The Bertz CT molecular complexity index is 869. The van der Waals surface area contributed by atoms with Crippen LogP contribution in [0.4, 0.5) is 0 Å². The van der Waals surface area contributed by atoms with Crippen molar-refractivity contribution in [2.45, 2.75) is 33.2 Å². The highest BCUT2D eigenvalue weighted by molar-refractivity contribution is 5.79. The van der Waals surface area contributed by atoms with Crippen LogP contribution in [0, 0.1) is 20.8 Å². The summed E-state index contributed by atoms with van der Waals surface area (Å²) in [5.41, 5.74) is 6.21. The van der Waals surface area contributed by atoms with Crippen molar-refractivity contribution in [1.82, 2.24) is 15.3 Å². The highest BCUT2D eigenvalue weighted by Gasteiger charge is 2.18. The van der Waals surface area contributed by atoms with Crippen molar-refractivity contribution in [2.75, 3.05) is 0 Å². The maximum atomic E-state index is 12.7. The molecule has 4 heteroatoms. The number of carbonyl (C=O) groups is 1. The molecular weight excluding hydrogens is 322 g/mol. The molecule has 2 aromatic heterocycles. The van der Waals surface area contributed by atoms with E-state index in [0.29, 0.717) is 6.42 Å². The van der Waals surface area contributed by atoms with Crippen LogP contribution in [-0.4, -0.2) is 15.9 Å². The maximum absolute atomic E-state index is 12.7. The van der Waals surface area contributed by atoms with E-state index in [9.17, 15) is 4.79 Å². The fourth-order valence-electron chi connectivity index (χ4n) is 3.08. The van der Waals surface area contributed by atoms with E-state index in [1.165, 1.54) is 11.1 Å². The van der Waals surface area contributed by atoms with Crippen molar-refractivity contribution in [1.29, 1.82) is 0 Å². The molecule has 0 saturated heterocycles. The van der Waals surface area contributed by atoms with Crippen LogP contribution in [0.2, 0.25) is 0 Å². The van der Waals surface area contributed by atoms with E-state index in [1.807, 2.05) is 31.2 Å². The second-order valence-electron chi connectivity index (χ2n) is 6.69. The summed E-state index contributed by atoms with van der Waals surface area (Å²) in [4.78, 5) is 21.1. The molecule has 0 radical (unpaired) electrons. The second-order valence-corrected chi connectivity index (χ2v) is 6.69. The van der Waals surface area contributed by atoms with Gasteiger partial charge in [0.15, 0.2) is 0 Å². The Labute approximate surface area is 154 Å². The molecule has 0 aliphatic rings. The van der Waals surface area contributed by atoms with Gasteiger partial charge < -0.3 is 5.32 Å². The number of pyridine rings is 2. The molecule has 1 N–H and O–H groups in total. The predicted molar refractivity (Wildman–Crippen MR) is 103 cm³/mol. The third-order valence-electron chi connectivity index (χ3n) is 4.24. The van der Waals surface area contributed by atoms with Gasteiger partial charge in [0.2, 0.25) is 5.91 Å². The fourth-order valence-corrected chi connectivity index (χ4v) is 3.08. The SMILES string of the molecule is Cc1cc(C)cc(C(NC(=O)Cc2ccc(C)nc2)c2cccnc2)c1. The molecule has 0 fully saturated rings. The van der Waals surface area contributed by atoms with E-state index in [0.717, 1.165) is 22.4 Å². The normalized spacial score (nSPS) is 11.8. The minimum atomic E-state index is -0.229. The third-order valence-corrected chi connectivity index (χ3v) is 4.24. The maximum Gasteiger partial charge on any atom is 0.225 e. The molecule has 3 rings (SSSR count). The molecule has 1 amide bonds. The van der Waals surface area contributed by atoms with Gasteiger partial charge in [-0.05, 0) is 49.6 Å². The van der Waals surface area contributed by atoms with Gasteiger partial charge in [-0.15, -0.1) is 0 Å². The summed E-state index contributed by atoms with van der Waals surface area (Å²) in [7, 11) is 0. The average Bonchev–Trinajstić information content (AvgIpc) is 2.61. The molecule has 3 aromatic rings. The number of hydrogen-bond donors (Lipinski definition) is 1. The largest absolute Gasteiger partial charge is 0.345 e. The van der Waals surface area contributed by atoms with E-state index >= 15 is 0 Å². The topological polar surface area (TPSA) is 54.9 Å². The van der Waals surface area contributed by atoms with Crippen LogP contribution >= 0.6 is 0 Å². The number of nitrogens with one attached hydrogen (secondary N) is 1.